The van der Waals surface area contributed by atoms with Crippen molar-refractivity contribution in [2.75, 3.05) is 38.7 Å². The summed E-state index contributed by atoms with van der Waals surface area (Å²) in [5, 5.41) is 7.37. The van der Waals surface area contributed by atoms with Crippen LogP contribution in [0.25, 0.3) is 0 Å². The second kappa shape index (κ2) is 8.66. The predicted molar refractivity (Wildman–Crippen MR) is 83.6 cm³/mol. The van der Waals surface area contributed by atoms with Gasteiger partial charge in [-0.05, 0) is 19.2 Å². The molecule has 1 rings (SSSR count). The highest BCUT2D eigenvalue weighted by molar-refractivity contribution is 7.98. The summed E-state index contributed by atoms with van der Waals surface area (Å²) < 4.78 is 27.6. The number of hydrogen-bond acceptors (Lipinski definition) is 5. The first-order chi connectivity index (χ1) is 9.52. The number of sulfonamides is 1. The van der Waals surface area contributed by atoms with Crippen LogP contribution in [0.5, 0.6) is 0 Å². The van der Waals surface area contributed by atoms with Crippen LogP contribution in [0.15, 0.2) is 17.3 Å². The van der Waals surface area contributed by atoms with Crippen LogP contribution in [0.3, 0.4) is 0 Å². The fraction of sp³-hybridized carbons (Fsp3) is 0.750. The number of rotatable bonds is 10. The summed E-state index contributed by atoms with van der Waals surface area (Å²) in [7, 11) is -1.81. The quantitative estimate of drug-likeness (QED) is 0.648. The number of thioether (sulfide) groups is 1. The van der Waals surface area contributed by atoms with Gasteiger partial charge < -0.3 is 5.32 Å². The Morgan fingerprint density at radius 1 is 1.45 bits per heavy atom. The summed E-state index contributed by atoms with van der Waals surface area (Å²) in [6.45, 7) is 5.04. The average molecular weight is 320 g/mol. The van der Waals surface area contributed by atoms with Crippen molar-refractivity contribution in [1.29, 1.82) is 0 Å². The Balaban J connectivity index is 2.60. The zero-order chi connectivity index (χ0) is 15.0. The van der Waals surface area contributed by atoms with Gasteiger partial charge in [0, 0.05) is 32.1 Å². The van der Waals surface area contributed by atoms with E-state index in [-0.39, 0.29) is 4.90 Å². The number of nitrogens with one attached hydrogen (secondary N) is 1. The van der Waals surface area contributed by atoms with Crippen molar-refractivity contribution >= 4 is 21.8 Å². The van der Waals surface area contributed by atoms with Gasteiger partial charge in [-0.15, -0.1) is 0 Å². The van der Waals surface area contributed by atoms with Crippen LogP contribution in [0.4, 0.5) is 0 Å². The van der Waals surface area contributed by atoms with E-state index in [4.69, 9.17) is 0 Å². The summed E-state index contributed by atoms with van der Waals surface area (Å²) >= 11 is 1.63. The number of nitrogens with zero attached hydrogens (tertiary/aromatic N) is 3. The van der Waals surface area contributed by atoms with Crippen LogP contribution in [0.2, 0.25) is 0 Å². The fourth-order valence-electron chi connectivity index (χ4n) is 1.62. The Labute approximate surface area is 126 Å². The Morgan fingerprint density at radius 3 is 2.85 bits per heavy atom. The Hall–Kier alpha value is -0.570. The first kappa shape index (κ1) is 17.5. The van der Waals surface area contributed by atoms with Crippen LogP contribution >= 0.6 is 11.8 Å². The van der Waals surface area contributed by atoms with Crippen molar-refractivity contribution < 1.29 is 8.42 Å². The maximum Gasteiger partial charge on any atom is 0.245 e. The van der Waals surface area contributed by atoms with Gasteiger partial charge >= 0.3 is 0 Å². The maximum atomic E-state index is 12.3. The topological polar surface area (TPSA) is 67.2 Å². The van der Waals surface area contributed by atoms with Crippen LogP contribution in [0.1, 0.15) is 13.3 Å². The average Bonchev–Trinajstić information content (AvgIpc) is 2.90. The Bertz CT molecular complexity index is 487. The van der Waals surface area contributed by atoms with Gasteiger partial charge in [0.2, 0.25) is 10.0 Å². The van der Waals surface area contributed by atoms with E-state index in [9.17, 15) is 8.42 Å². The molecular weight excluding hydrogens is 296 g/mol. The van der Waals surface area contributed by atoms with E-state index in [1.165, 1.54) is 10.5 Å². The van der Waals surface area contributed by atoms with Crippen LogP contribution in [-0.4, -0.2) is 61.2 Å². The number of hydrogen-bond donors (Lipinski definition) is 1. The van der Waals surface area contributed by atoms with Gasteiger partial charge in [-0.1, -0.05) is 6.92 Å². The summed E-state index contributed by atoms with van der Waals surface area (Å²) in [5.41, 5.74) is 0. The van der Waals surface area contributed by atoms with Crippen molar-refractivity contribution in [2.24, 2.45) is 0 Å². The van der Waals surface area contributed by atoms with E-state index in [0.29, 0.717) is 13.1 Å². The molecule has 1 aromatic rings. The molecule has 0 aliphatic rings. The standard InChI is InChI=1S/C12H24N4O2S2/c1-4-5-13-6-7-16-11-12(10-14-16)20(17,18)15(2)8-9-19-3/h10-11,13H,4-9H2,1-3H3. The molecule has 0 saturated heterocycles. The van der Waals surface area contributed by atoms with Gasteiger partial charge in [0.1, 0.15) is 4.90 Å². The third-order valence-electron chi connectivity index (χ3n) is 2.87. The highest BCUT2D eigenvalue weighted by atomic mass is 32.2. The van der Waals surface area contributed by atoms with E-state index >= 15 is 0 Å². The van der Waals surface area contributed by atoms with E-state index in [2.05, 4.69) is 17.3 Å². The van der Waals surface area contributed by atoms with E-state index < -0.39 is 10.0 Å². The van der Waals surface area contributed by atoms with Crippen molar-refractivity contribution in [3.8, 4) is 0 Å². The molecule has 0 saturated carbocycles. The van der Waals surface area contributed by atoms with Crippen molar-refractivity contribution in [3.05, 3.63) is 12.4 Å². The first-order valence-electron chi connectivity index (χ1n) is 6.70. The molecule has 0 spiro atoms. The minimum absolute atomic E-state index is 0.261. The predicted octanol–water partition coefficient (Wildman–Crippen LogP) is 0.866. The van der Waals surface area contributed by atoms with E-state index in [1.54, 1.807) is 29.7 Å². The lowest BCUT2D eigenvalue weighted by Crippen LogP contribution is -2.28. The zero-order valence-electron chi connectivity index (χ0n) is 12.4. The highest BCUT2D eigenvalue weighted by Crippen LogP contribution is 2.13. The molecule has 1 heterocycles. The van der Waals surface area contributed by atoms with E-state index in [0.717, 1.165) is 25.3 Å². The van der Waals surface area contributed by atoms with Crippen molar-refractivity contribution in [1.82, 2.24) is 19.4 Å². The van der Waals surface area contributed by atoms with Gasteiger partial charge in [-0.3, -0.25) is 4.68 Å². The van der Waals surface area contributed by atoms with Gasteiger partial charge in [0.15, 0.2) is 0 Å². The smallest absolute Gasteiger partial charge is 0.245 e. The maximum absolute atomic E-state index is 12.3. The SMILES string of the molecule is CCCNCCn1cc(S(=O)(=O)N(C)CCSC)cn1. The Kier molecular flexibility index (Phi) is 7.57. The van der Waals surface area contributed by atoms with Crippen molar-refractivity contribution in [2.45, 2.75) is 24.8 Å². The lowest BCUT2D eigenvalue weighted by molar-refractivity contribution is 0.488. The summed E-state index contributed by atoms with van der Waals surface area (Å²) in [4.78, 5) is 0.261. The molecule has 0 unspecified atom stereocenters. The van der Waals surface area contributed by atoms with Gasteiger partial charge in [0.25, 0.3) is 0 Å². The zero-order valence-corrected chi connectivity index (χ0v) is 14.0. The van der Waals surface area contributed by atoms with Gasteiger partial charge in [-0.2, -0.15) is 16.9 Å². The van der Waals surface area contributed by atoms with Crippen LogP contribution < -0.4 is 5.32 Å². The second-order valence-corrected chi connectivity index (χ2v) is 7.54. The fourth-order valence-corrected chi connectivity index (χ4v) is 3.31. The molecule has 20 heavy (non-hydrogen) atoms. The second-order valence-electron chi connectivity index (χ2n) is 4.51. The summed E-state index contributed by atoms with van der Waals surface area (Å²) in [5.74, 6) is 0.783. The molecule has 0 bridgehead atoms. The largest absolute Gasteiger partial charge is 0.315 e. The van der Waals surface area contributed by atoms with Gasteiger partial charge in [0.05, 0.1) is 12.7 Å². The molecule has 116 valence electrons. The van der Waals surface area contributed by atoms with E-state index in [1.807, 2.05) is 6.26 Å². The molecule has 8 heteroatoms. The molecule has 0 aliphatic carbocycles. The lowest BCUT2D eigenvalue weighted by atomic mass is 10.5. The molecule has 6 nitrogen and oxygen atoms in total. The van der Waals surface area contributed by atoms with Crippen LogP contribution in [0, 0.1) is 0 Å². The molecule has 0 aromatic carbocycles. The highest BCUT2D eigenvalue weighted by Gasteiger charge is 2.21. The molecule has 1 N–H and O–H groups in total. The Morgan fingerprint density at radius 2 is 2.20 bits per heavy atom. The minimum atomic E-state index is -3.41. The molecule has 0 atom stereocenters. The summed E-state index contributed by atoms with van der Waals surface area (Å²) in [6.07, 6.45) is 6.06. The molecular formula is C12H24N4O2S2. The monoisotopic (exact) mass is 320 g/mol. The number of aromatic nitrogens is 2. The van der Waals surface area contributed by atoms with Crippen molar-refractivity contribution in [3.63, 3.8) is 0 Å². The first-order valence-corrected chi connectivity index (χ1v) is 9.54. The molecule has 0 fully saturated rings. The third kappa shape index (κ3) is 5.08. The lowest BCUT2D eigenvalue weighted by Gasteiger charge is -2.14. The van der Waals surface area contributed by atoms with Gasteiger partial charge in [-0.25, -0.2) is 12.7 Å². The molecule has 0 aliphatic heterocycles. The molecule has 1 aromatic heterocycles. The minimum Gasteiger partial charge on any atom is -0.315 e. The summed E-state index contributed by atoms with van der Waals surface area (Å²) in [6, 6.07) is 0. The third-order valence-corrected chi connectivity index (χ3v) is 5.27. The van der Waals surface area contributed by atoms with Crippen LogP contribution in [-0.2, 0) is 16.6 Å². The molecule has 0 amide bonds. The molecule has 0 radical (unpaired) electrons. The normalized spacial score (nSPS) is 12.2.